The van der Waals surface area contributed by atoms with Crippen LogP contribution in [-0.2, 0) is 14.3 Å². The van der Waals surface area contributed by atoms with Gasteiger partial charge in [-0.15, -0.1) is 0 Å². The van der Waals surface area contributed by atoms with E-state index in [9.17, 15) is 14.7 Å². The summed E-state index contributed by atoms with van der Waals surface area (Å²) >= 11 is 0. The highest BCUT2D eigenvalue weighted by atomic mass is 16.5. The summed E-state index contributed by atoms with van der Waals surface area (Å²) in [6, 6.07) is -0.389. The van der Waals surface area contributed by atoms with E-state index >= 15 is 0 Å². The van der Waals surface area contributed by atoms with Crippen LogP contribution in [0.4, 0.5) is 4.79 Å². The molecular formula is C18H33N3O5. The molecule has 0 bridgehead atoms. The summed E-state index contributed by atoms with van der Waals surface area (Å²) in [5.41, 5.74) is 0. The van der Waals surface area contributed by atoms with Crippen LogP contribution >= 0.6 is 0 Å². The fourth-order valence-electron chi connectivity index (χ4n) is 3.44. The molecule has 0 radical (unpaired) electrons. The zero-order chi connectivity index (χ0) is 18.9. The molecule has 3 amide bonds. The number of urea groups is 1. The average molecular weight is 371 g/mol. The van der Waals surface area contributed by atoms with Crippen molar-refractivity contribution < 1.29 is 24.2 Å². The van der Waals surface area contributed by atoms with Crippen molar-refractivity contribution in [1.29, 1.82) is 0 Å². The first-order chi connectivity index (χ1) is 12.5. The minimum Gasteiger partial charge on any atom is -0.394 e. The summed E-state index contributed by atoms with van der Waals surface area (Å²) in [5, 5.41) is 18.2. The minimum atomic E-state index is -0.419. The number of ether oxygens (including phenoxy) is 2. The third kappa shape index (κ3) is 6.74. The Labute approximate surface area is 155 Å². The Hall–Kier alpha value is -1.38. The van der Waals surface area contributed by atoms with E-state index in [2.05, 4.69) is 16.0 Å². The first-order valence-electron chi connectivity index (χ1n) is 9.68. The van der Waals surface area contributed by atoms with Gasteiger partial charge in [0, 0.05) is 31.7 Å². The first-order valence-corrected chi connectivity index (χ1v) is 9.68. The van der Waals surface area contributed by atoms with Gasteiger partial charge in [0.15, 0.2) is 0 Å². The quantitative estimate of drug-likeness (QED) is 0.522. The molecule has 0 aromatic rings. The van der Waals surface area contributed by atoms with Crippen LogP contribution in [0, 0.1) is 5.92 Å². The van der Waals surface area contributed by atoms with E-state index < -0.39 is 6.10 Å². The lowest BCUT2D eigenvalue weighted by Gasteiger charge is -2.36. The molecule has 8 heteroatoms. The predicted molar refractivity (Wildman–Crippen MR) is 96.7 cm³/mol. The van der Waals surface area contributed by atoms with Crippen molar-refractivity contribution in [3.63, 3.8) is 0 Å². The SMILES string of the molecule is CC(C)NC(=O)N[C@@H]1CC[C@H](CCNC(=O)C2CCOCC2)O[C@@H]1CO. The van der Waals surface area contributed by atoms with Crippen LogP contribution in [0.5, 0.6) is 0 Å². The topological polar surface area (TPSA) is 109 Å². The van der Waals surface area contributed by atoms with Crippen molar-refractivity contribution in [2.24, 2.45) is 5.92 Å². The molecule has 0 unspecified atom stereocenters. The smallest absolute Gasteiger partial charge is 0.315 e. The van der Waals surface area contributed by atoms with Crippen molar-refractivity contribution in [1.82, 2.24) is 16.0 Å². The molecule has 2 aliphatic heterocycles. The van der Waals surface area contributed by atoms with E-state index in [1.54, 1.807) is 0 Å². The van der Waals surface area contributed by atoms with Gasteiger partial charge in [-0.3, -0.25) is 4.79 Å². The van der Waals surface area contributed by atoms with Gasteiger partial charge in [0.2, 0.25) is 5.91 Å². The van der Waals surface area contributed by atoms with Gasteiger partial charge in [0.05, 0.1) is 18.8 Å². The van der Waals surface area contributed by atoms with Crippen LogP contribution in [0.25, 0.3) is 0 Å². The lowest BCUT2D eigenvalue weighted by Crippen LogP contribution is -2.54. The molecule has 2 aliphatic rings. The fraction of sp³-hybridized carbons (Fsp3) is 0.889. The van der Waals surface area contributed by atoms with Gasteiger partial charge in [-0.25, -0.2) is 4.79 Å². The molecule has 0 aromatic heterocycles. The number of rotatable bonds is 7. The highest BCUT2D eigenvalue weighted by molar-refractivity contribution is 5.78. The van der Waals surface area contributed by atoms with E-state index in [-0.39, 0.29) is 42.7 Å². The number of aliphatic hydroxyl groups is 1. The van der Waals surface area contributed by atoms with Gasteiger partial charge in [-0.05, 0) is 46.0 Å². The highest BCUT2D eigenvalue weighted by Crippen LogP contribution is 2.22. The molecule has 0 spiro atoms. The Morgan fingerprint density at radius 3 is 2.54 bits per heavy atom. The Balaban J connectivity index is 1.69. The third-order valence-electron chi connectivity index (χ3n) is 4.89. The maximum atomic E-state index is 12.1. The Kier molecular flexibility index (Phi) is 8.61. The monoisotopic (exact) mass is 371 g/mol. The number of hydrogen-bond acceptors (Lipinski definition) is 5. The molecular weight excluding hydrogens is 338 g/mol. The van der Waals surface area contributed by atoms with Gasteiger partial charge in [-0.2, -0.15) is 0 Å². The number of hydrogen-bond donors (Lipinski definition) is 4. The Morgan fingerprint density at radius 2 is 1.88 bits per heavy atom. The summed E-state index contributed by atoms with van der Waals surface area (Å²) < 4.78 is 11.2. The molecule has 0 aromatic carbocycles. The predicted octanol–water partition coefficient (Wildman–Crippen LogP) is 0.535. The Morgan fingerprint density at radius 1 is 1.15 bits per heavy atom. The number of carbonyl (C=O) groups is 2. The van der Waals surface area contributed by atoms with Gasteiger partial charge in [0.1, 0.15) is 6.10 Å². The molecule has 4 N–H and O–H groups in total. The zero-order valence-corrected chi connectivity index (χ0v) is 15.8. The second-order valence-corrected chi connectivity index (χ2v) is 7.40. The van der Waals surface area contributed by atoms with Gasteiger partial charge >= 0.3 is 6.03 Å². The summed E-state index contributed by atoms with van der Waals surface area (Å²) in [6.45, 7) is 5.51. The zero-order valence-electron chi connectivity index (χ0n) is 15.8. The maximum Gasteiger partial charge on any atom is 0.315 e. The lowest BCUT2D eigenvalue weighted by atomic mass is 9.96. The molecule has 2 rings (SSSR count). The number of carbonyl (C=O) groups excluding carboxylic acids is 2. The van der Waals surface area contributed by atoms with Crippen LogP contribution in [0.15, 0.2) is 0 Å². The summed E-state index contributed by atoms with van der Waals surface area (Å²) in [5.74, 6) is 0.141. The standard InChI is InChI=1S/C18H33N3O5/c1-12(2)20-18(24)21-15-4-3-14(26-16(15)11-22)5-8-19-17(23)13-6-9-25-10-7-13/h12-16,22H,3-11H2,1-2H3,(H,19,23)(H2,20,21,24)/t14-,15-,16-/m1/s1. The number of aliphatic hydroxyl groups excluding tert-OH is 1. The van der Waals surface area contributed by atoms with Crippen molar-refractivity contribution >= 4 is 11.9 Å². The van der Waals surface area contributed by atoms with Crippen LogP contribution in [0.2, 0.25) is 0 Å². The van der Waals surface area contributed by atoms with Crippen LogP contribution < -0.4 is 16.0 Å². The van der Waals surface area contributed by atoms with Crippen molar-refractivity contribution in [3.8, 4) is 0 Å². The van der Waals surface area contributed by atoms with Crippen molar-refractivity contribution in [3.05, 3.63) is 0 Å². The molecule has 0 aliphatic carbocycles. The molecule has 8 nitrogen and oxygen atoms in total. The second kappa shape index (κ2) is 10.7. The lowest BCUT2D eigenvalue weighted by molar-refractivity contribution is -0.128. The van der Waals surface area contributed by atoms with E-state index in [0.29, 0.717) is 26.2 Å². The molecule has 2 fully saturated rings. The fourth-order valence-corrected chi connectivity index (χ4v) is 3.44. The van der Waals surface area contributed by atoms with Gasteiger partial charge in [-0.1, -0.05) is 0 Å². The van der Waals surface area contributed by atoms with E-state index in [1.807, 2.05) is 13.8 Å². The van der Waals surface area contributed by atoms with Gasteiger partial charge < -0.3 is 30.5 Å². The van der Waals surface area contributed by atoms with E-state index in [0.717, 1.165) is 25.7 Å². The van der Waals surface area contributed by atoms with E-state index in [1.165, 1.54) is 0 Å². The third-order valence-corrected chi connectivity index (χ3v) is 4.89. The van der Waals surface area contributed by atoms with Crippen LogP contribution in [0.3, 0.4) is 0 Å². The van der Waals surface area contributed by atoms with Crippen LogP contribution in [-0.4, -0.2) is 67.7 Å². The average Bonchev–Trinajstić information content (AvgIpc) is 2.62. The highest BCUT2D eigenvalue weighted by Gasteiger charge is 2.32. The molecule has 2 saturated heterocycles. The number of amides is 3. The van der Waals surface area contributed by atoms with E-state index in [4.69, 9.17) is 9.47 Å². The van der Waals surface area contributed by atoms with Crippen molar-refractivity contribution in [2.45, 2.75) is 70.2 Å². The molecule has 3 atom stereocenters. The normalized spacial score (nSPS) is 27.2. The molecule has 150 valence electrons. The first kappa shape index (κ1) is 20.9. The molecule has 2 heterocycles. The maximum absolute atomic E-state index is 12.1. The van der Waals surface area contributed by atoms with Gasteiger partial charge in [0.25, 0.3) is 0 Å². The second-order valence-electron chi connectivity index (χ2n) is 7.40. The van der Waals surface area contributed by atoms with Crippen molar-refractivity contribution in [2.75, 3.05) is 26.4 Å². The summed E-state index contributed by atoms with van der Waals surface area (Å²) in [4.78, 5) is 24.0. The largest absolute Gasteiger partial charge is 0.394 e. The number of nitrogens with one attached hydrogen (secondary N) is 3. The van der Waals surface area contributed by atoms with Crippen LogP contribution in [0.1, 0.15) is 46.0 Å². The summed E-state index contributed by atoms with van der Waals surface area (Å²) in [7, 11) is 0. The Bertz CT molecular complexity index is 454. The molecule has 0 saturated carbocycles. The summed E-state index contributed by atoms with van der Waals surface area (Å²) in [6.07, 6.45) is 3.36. The molecule has 26 heavy (non-hydrogen) atoms. The minimum absolute atomic E-state index is 0.0200.